The van der Waals surface area contributed by atoms with Crippen LogP contribution in [0.5, 0.6) is 0 Å². The van der Waals surface area contributed by atoms with Crippen LogP contribution in [0.1, 0.15) is 28.3 Å². The van der Waals surface area contributed by atoms with E-state index >= 15 is 0 Å². The molecule has 0 bridgehead atoms. The molecular formula is C16H19N5OS. The summed E-state index contributed by atoms with van der Waals surface area (Å²) in [6.07, 6.45) is 0.829. The summed E-state index contributed by atoms with van der Waals surface area (Å²) in [5, 5.41) is 16.3. The molecule has 3 aromatic heterocycles. The molecule has 2 N–H and O–H groups in total. The van der Waals surface area contributed by atoms with Crippen LogP contribution in [0.15, 0.2) is 29.6 Å². The Hall–Kier alpha value is -2.41. The van der Waals surface area contributed by atoms with Gasteiger partial charge in [-0.1, -0.05) is 6.07 Å². The van der Waals surface area contributed by atoms with Gasteiger partial charge in [0, 0.05) is 18.8 Å². The van der Waals surface area contributed by atoms with E-state index in [-0.39, 0.29) is 5.91 Å². The molecule has 7 heteroatoms. The fourth-order valence-corrected chi connectivity index (χ4v) is 3.11. The molecule has 0 aliphatic carbocycles. The minimum atomic E-state index is -0.155. The fourth-order valence-electron chi connectivity index (χ4n) is 2.42. The monoisotopic (exact) mass is 329 g/mol. The molecule has 0 fully saturated rings. The highest BCUT2D eigenvalue weighted by Gasteiger charge is 2.11. The number of hydrogen-bond donors (Lipinski definition) is 2. The highest BCUT2D eigenvalue weighted by molar-refractivity contribution is 7.13. The summed E-state index contributed by atoms with van der Waals surface area (Å²) < 4.78 is 1.96. The van der Waals surface area contributed by atoms with Crippen molar-refractivity contribution in [2.24, 2.45) is 0 Å². The number of amides is 1. The topological polar surface area (TPSA) is 75.6 Å². The average molecular weight is 329 g/mol. The van der Waals surface area contributed by atoms with Crippen LogP contribution in [0, 0.1) is 13.8 Å². The van der Waals surface area contributed by atoms with E-state index in [0.717, 1.165) is 34.9 Å². The number of thiophene rings is 1. The van der Waals surface area contributed by atoms with E-state index in [1.165, 1.54) is 0 Å². The molecule has 0 atom stereocenters. The van der Waals surface area contributed by atoms with Crippen molar-refractivity contribution >= 4 is 17.2 Å². The van der Waals surface area contributed by atoms with Crippen LogP contribution in [0.2, 0.25) is 0 Å². The summed E-state index contributed by atoms with van der Waals surface area (Å²) in [6.45, 7) is 5.40. The van der Waals surface area contributed by atoms with Crippen LogP contribution < -0.4 is 5.32 Å². The van der Waals surface area contributed by atoms with Crippen LogP contribution in [0.25, 0.3) is 10.6 Å². The maximum absolute atomic E-state index is 12.1. The number of H-pyrrole nitrogens is 1. The zero-order chi connectivity index (χ0) is 16.2. The smallest absolute Gasteiger partial charge is 0.271 e. The Balaban J connectivity index is 1.49. The molecule has 3 aromatic rings. The number of carbonyl (C=O) groups excluding carboxylic acids is 1. The lowest BCUT2D eigenvalue weighted by Gasteiger charge is -2.05. The average Bonchev–Trinajstić information content (AvgIpc) is 3.24. The van der Waals surface area contributed by atoms with Crippen LogP contribution >= 0.6 is 11.3 Å². The first-order chi connectivity index (χ1) is 11.1. The van der Waals surface area contributed by atoms with Gasteiger partial charge in [-0.15, -0.1) is 11.3 Å². The minimum Gasteiger partial charge on any atom is -0.351 e. The zero-order valence-corrected chi connectivity index (χ0v) is 14.0. The predicted molar refractivity (Wildman–Crippen MR) is 90.6 cm³/mol. The summed E-state index contributed by atoms with van der Waals surface area (Å²) in [5.41, 5.74) is 3.44. The molecule has 0 saturated carbocycles. The number of carbonyl (C=O) groups is 1. The molecule has 0 spiro atoms. The second kappa shape index (κ2) is 6.78. The first-order valence-electron chi connectivity index (χ1n) is 7.52. The molecule has 0 aliphatic rings. The maximum atomic E-state index is 12.1. The molecular weight excluding hydrogens is 310 g/mol. The second-order valence-corrected chi connectivity index (χ2v) is 6.35. The number of nitrogens with one attached hydrogen (secondary N) is 2. The Morgan fingerprint density at radius 3 is 2.96 bits per heavy atom. The van der Waals surface area contributed by atoms with Gasteiger partial charge in [0.25, 0.3) is 5.91 Å². The third-order valence-corrected chi connectivity index (χ3v) is 4.44. The van der Waals surface area contributed by atoms with E-state index < -0.39 is 0 Å². The Morgan fingerprint density at radius 1 is 1.39 bits per heavy atom. The van der Waals surface area contributed by atoms with Gasteiger partial charge in [-0.05, 0) is 43.8 Å². The van der Waals surface area contributed by atoms with E-state index in [1.54, 1.807) is 17.4 Å². The number of aromatic nitrogens is 4. The molecule has 3 rings (SSSR count). The van der Waals surface area contributed by atoms with E-state index in [4.69, 9.17) is 0 Å². The van der Waals surface area contributed by atoms with Crippen LogP contribution in [0.3, 0.4) is 0 Å². The van der Waals surface area contributed by atoms with Crippen molar-refractivity contribution in [2.75, 3.05) is 6.54 Å². The number of nitrogens with zero attached hydrogens (tertiary/aromatic N) is 3. The van der Waals surface area contributed by atoms with E-state index in [1.807, 2.05) is 36.0 Å². The normalized spacial score (nSPS) is 10.9. The number of aromatic amines is 1. The Labute approximate surface area is 138 Å². The largest absolute Gasteiger partial charge is 0.351 e. The third-order valence-electron chi connectivity index (χ3n) is 3.53. The van der Waals surface area contributed by atoms with Crippen LogP contribution in [-0.4, -0.2) is 32.4 Å². The van der Waals surface area contributed by atoms with Gasteiger partial charge in [-0.3, -0.25) is 14.6 Å². The second-order valence-electron chi connectivity index (χ2n) is 5.40. The van der Waals surface area contributed by atoms with Gasteiger partial charge >= 0.3 is 0 Å². The molecule has 0 aliphatic heterocycles. The highest BCUT2D eigenvalue weighted by Crippen LogP contribution is 2.22. The summed E-state index contributed by atoms with van der Waals surface area (Å²) in [7, 11) is 0. The van der Waals surface area contributed by atoms with Crippen molar-refractivity contribution in [2.45, 2.75) is 26.8 Å². The highest BCUT2D eigenvalue weighted by atomic mass is 32.1. The lowest BCUT2D eigenvalue weighted by molar-refractivity contribution is 0.0947. The molecule has 6 nitrogen and oxygen atoms in total. The van der Waals surface area contributed by atoms with Gasteiger partial charge in [-0.2, -0.15) is 10.2 Å². The summed E-state index contributed by atoms with van der Waals surface area (Å²) in [4.78, 5) is 13.2. The van der Waals surface area contributed by atoms with Gasteiger partial charge in [0.05, 0.1) is 16.3 Å². The Bertz CT molecular complexity index is 787. The van der Waals surface area contributed by atoms with Crippen molar-refractivity contribution in [3.63, 3.8) is 0 Å². The van der Waals surface area contributed by atoms with Gasteiger partial charge in [0.2, 0.25) is 0 Å². The number of aryl methyl sites for hydroxylation is 3. The first-order valence-corrected chi connectivity index (χ1v) is 8.40. The summed E-state index contributed by atoms with van der Waals surface area (Å²) >= 11 is 1.61. The molecule has 1 amide bonds. The van der Waals surface area contributed by atoms with Gasteiger partial charge in [0.1, 0.15) is 0 Å². The van der Waals surface area contributed by atoms with Crippen molar-refractivity contribution in [1.82, 2.24) is 25.3 Å². The summed E-state index contributed by atoms with van der Waals surface area (Å²) in [6, 6.07) is 7.80. The lowest BCUT2D eigenvalue weighted by atomic mass is 10.3. The molecule has 120 valence electrons. The quantitative estimate of drug-likeness (QED) is 0.683. The third kappa shape index (κ3) is 3.68. The van der Waals surface area contributed by atoms with E-state index in [2.05, 4.69) is 26.7 Å². The van der Waals surface area contributed by atoms with Crippen molar-refractivity contribution in [1.29, 1.82) is 0 Å². The minimum absolute atomic E-state index is 0.155. The predicted octanol–water partition coefficient (Wildman–Crippen LogP) is 2.77. The van der Waals surface area contributed by atoms with Crippen LogP contribution in [0.4, 0.5) is 0 Å². The Morgan fingerprint density at radius 2 is 2.26 bits per heavy atom. The van der Waals surface area contributed by atoms with Gasteiger partial charge < -0.3 is 5.32 Å². The maximum Gasteiger partial charge on any atom is 0.271 e. The first kappa shape index (κ1) is 15.5. The van der Waals surface area contributed by atoms with Gasteiger partial charge in [0.15, 0.2) is 5.69 Å². The SMILES string of the molecule is Cc1cc(C)n(CCCNC(=O)c2cc(-c3cccs3)[nH]n2)n1. The van der Waals surface area contributed by atoms with Gasteiger partial charge in [-0.25, -0.2) is 0 Å². The Kier molecular flexibility index (Phi) is 4.57. The van der Waals surface area contributed by atoms with Crippen molar-refractivity contribution in [3.8, 4) is 10.6 Å². The standard InChI is InChI=1S/C16H19N5OS/c1-11-9-12(2)21(20-11)7-4-6-17-16(22)14-10-13(18-19-14)15-5-3-8-23-15/h3,5,8-10H,4,6-7H2,1-2H3,(H,17,22)(H,18,19). The molecule has 23 heavy (non-hydrogen) atoms. The van der Waals surface area contributed by atoms with Crippen LogP contribution in [-0.2, 0) is 6.54 Å². The lowest BCUT2D eigenvalue weighted by Crippen LogP contribution is -2.25. The number of rotatable bonds is 6. The molecule has 0 radical (unpaired) electrons. The summed E-state index contributed by atoms with van der Waals surface area (Å²) in [5.74, 6) is -0.155. The molecule has 0 aromatic carbocycles. The molecule has 0 unspecified atom stereocenters. The fraction of sp³-hybridized carbons (Fsp3) is 0.312. The molecule has 0 saturated heterocycles. The van der Waals surface area contributed by atoms with Crippen molar-refractivity contribution in [3.05, 3.63) is 46.7 Å². The molecule has 3 heterocycles. The number of hydrogen-bond acceptors (Lipinski definition) is 4. The van der Waals surface area contributed by atoms with E-state index in [0.29, 0.717) is 12.2 Å². The van der Waals surface area contributed by atoms with E-state index in [9.17, 15) is 4.79 Å². The zero-order valence-electron chi connectivity index (χ0n) is 13.2. The van der Waals surface area contributed by atoms with Crippen molar-refractivity contribution < 1.29 is 4.79 Å².